The van der Waals surface area contributed by atoms with Crippen LogP contribution in [0.4, 0.5) is 5.95 Å². The summed E-state index contributed by atoms with van der Waals surface area (Å²) in [5, 5.41) is 0. The lowest BCUT2D eigenvalue weighted by Crippen LogP contribution is -2.25. The first kappa shape index (κ1) is 10.7. The summed E-state index contributed by atoms with van der Waals surface area (Å²) in [5.41, 5.74) is 1.86. The Hall–Kier alpha value is -1.49. The van der Waals surface area contributed by atoms with Crippen molar-refractivity contribution in [2.24, 2.45) is 5.92 Å². The number of carbonyl (C=O) groups is 1. The minimum Gasteiger partial charge on any atom is -0.324 e. The van der Waals surface area contributed by atoms with Gasteiger partial charge in [0.1, 0.15) is 0 Å². The molecule has 1 aromatic heterocycles. The van der Waals surface area contributed by atoms with Crippen molar-refractivity contribution in [3.8, 4) is 0 Å². The van der Waals surface area contributed by atoms with Gasteiger partial charge in [0.2, 0.25) is 11.9 Å². The molecule has 17 heavy (non-hydrogen) atoms. The molecule has 1 atom stereocenters. The van der Waals surface area contributed by atoms with Crippen LogP contribution in [-0.4, -0.2) is 28.2 Å². The summed E-state index contributed by atoms with van der Waals surface area (Å²) in [6, 6.07) is 7.79. The molecule has 0 radical (unpaired) electrons. The third kappa shape index (κ3) is 1.80. The Morgan fingerprint density at radius 2 is 2.29 bits per heavy atom. The number of aromatic amines is 1. The largest absolute Gasteiger partial charge is 0.324 e. The molecule has 88 valence electrons. The van der Waals surface area contributed by atoms with E-state index < -0.39 is 0 Å². The Morgan fingerprint density at radius 3 is 3.00 bits per heavy atom. The van der Waals surface area contributed by atoms with Crippen molar-refractivity contribution in [1.29, 1.82) is 0 Å². The van der Waals surface area contributed by atoms with Crippen LogP contribution in [0.3, 0.4) is 0 Å². The number of anilines is 1. The smallest absolute Gasteiger partial charge is 0.229 e. The monoisotopic (exact) mass is 247 g/mol. The van der Waals surface area contributed by atoms with Gasteiger partial charge in [-0.15, -0.1) is 0 Å². The van der Waals surface area contributed by atoms with Gasteiger partial charge < -0.3 is 4.98 Å². The van der Waals surface area contributed by atoms with Gasteiger partial charge >= 0.3 is 0 Å². The predicted molar refractivity (Wildman–Crippen MR) is 70.4 cm³/mol. The topological polar surface area (TPSA) is 49.0 Å². The fourth-order valence-corrected chi connectivity index (χ4v) is 2.42. The number of amides is 1. The Balaban J connectivity index is 1.96. The van der Waals surface area contributed by atoms with E-state index in [1.807, 2.05) is 24.3 Å². The second-order valence-corrected chi connectivity index (χ2v) is 4.70. The van der Waals surface area contributed by atoms with E-state index in [-0.39, 0.29) is 5.91 Å². The summed E-state index contributed by atoms with van der Waals surface area (Å²) in [4.78, 5) is 21.2. The molecule has 2 heterocycles. The van der Waals surface area contributed by atoms with Crippen molar-refractivity contribution in [3.63, 3.8) is 0 Å². The third-order valence-corrected chi connectivity index (χ3v) is 3.61. The zero-order valence-electron chi connectivity index (χ0n) is 9.26. The summed E-state index contributed by atoms with van der Waals surface area (Å²) < 4.78 is 0. The molecule has 2 aromatic rings. The van der Waals surface area contributed by atoms with Crippen LogP contribution in [0.2, 0.25) is 0 Å². The number of carbonyl (C=O) groups excluding carboxylic acids is 1. The quantitative estimate of drug-likeness (QED) is 0.796. The van der Waals surface area contributed by atoms with Crippen LogP contribution in [0.1, 0.15) is 6.42 Å². The van der Waals surface area contributed by atoms with Crippen molar-refractivity contribution in [1.82, 2.24) is 9.97 Å². The lowest BCUT2D eigenvalue weighted by molar-refractivity contribution is -0.117. The van der Waals surface area contributed by atoms with Crippen LogP contribution in [0.5, 0.6) is 0 Å². The number of benzene rings is 1. The summed E-state index contributed by atoms with van der Waals surface area (Å²) in [6.45, 7) is 0.710. The van der Waals surface area contributed by atoms with Gasteiger partial charge in [0.05, 0.1) is 11.0 Å². The molecule has 0 bridgehead atoms. The highest BCUT2D eigenvalue weighted by molar-refractivity contribution is 7.80. The number of imidazole rings is 1. The van der Waals surface area contributed by atoms with E-state index in [1.165, 1.54) is 0 Å². The number of nitrogens with zero attached hydrogens (tertiary/aromatic N) is 2. The predicted octanol–water partition coefficient (Wildman–Crippen LogP) is 1.85. The van der Waals surface area contributed by atoms with Gasteiger partial charge in [0.25, 0.3) is 0 Å². The minimum absolute atomic E-state index is 0.128. The third-order valence-electron chi connectivity index (χ3n) is 3.10. The molecule has 4 nitrogen and oxygen atoms in total. The van der Waals surface area contributed by atoms with E-state index in [2.05, 4.69) is 22.6 Å². The Bertz CT molecular complexity index is 533. The average Bonchev–Trinajstić information content (AvgIpc) is 2.91. The number of para-hydroxylation sites is 2. The summed E-state index contributed by atoms with van der Waals surface area (Å²) in [5.74, 6) is 1.85. The number of hydrogen-bond donors (Lipinski definition) is 2. The van der Waals surface area contributed by atoms with E-state index in [9.17, 15) is 4.79 Å². The maximum Gasteiger partial charge on any atom is 0.229 e. The van der Waals surface area contributed by atoms with Crippen LogP contribution in [-0.2, 0) is 4.79 Å². The molecule has 1 N–H and O–H groups in total. The molecule has 1 aromatic carbocycles. The fourth-order valence-electron chi connectivity index (χ4n) is 2.18. The molecule has 1 saturated heterocycles. The molecule has 5 heteroatoms. The second-order valence-electron chi connectivity index (χ2n) is 4.33. The maximum absolute atomic E-state index is 11.9. The minimum atomic E-state index is 0.128. The zero-order valence-corrected chi connectivity index (χ0v) is 10.2. The van der Waals surface area contributed by atoms with Gasteiger partial charge in [-0.3, -0.25) is 9.69 Å². The molecule has 0 aliphatic carbocycles. The van der Waals surface area contributed by atoms with E-state index in [0.29, 0.717) is 24.8 Å². The summed E-state index contributed by atoms with van der Waals surface area (Å²) >= 11 is 4.25. The first-order valence-electron chi connectivity index (χ1n) is 5.64. The molecule has 1 amide bonds. The zero-order chi connectivity index (χ0) is 11.8. The number of hydrogen-bond acceptors (Lipinski definition) is 3. The van der Waals surface area contributed by atoms with E-state index in [1.54, 1.807) is 4.90 Å². The molecule has 0 saturated carbocycles. The number of H-pyrrole nitrogens is 1. The second kappa shape index (κ2) is 4.07. The lowest BCUT2D eigenvalue weighted by Gasteiger charge is -2.11. The van der Waals surface area contributed by atoms with Crippen molar-refractivity contribution >= 4 is 35.5 Å². The first-order valence-corrected chi connectivity index (χ1v) is 6.27. The first-order chi connectivity index (χ1) is 8.28. The van der Waals surface area contributed by atoms with Crippen LogP contribution >= 0.6 is 12.6 Å². The van der Waals surface area contributed by atoms with Crippen molar-refractivity contribution in [2.45, 2.75) is 6.42 Å². The number of aromatic nitrogens is 2. The van der Waals surface area contributed by atoms with Crippen LogP contribution in [0.15, 0.2) is 24.3 Å². The number of thiol groups is 1. The molecular formula is C12H13N3OS. The molecule has 1 fully saturated rings. The van der Waals surface area contributed by atoms with Crippen LogP contribution in [0.25, 0.3) is 11.0 Å². The molecule has 1 aliphatic rings. The lowest BCUT2D eigenvalue weighted by atomic mass is 10.1. The standard InChI is InChI=1S/C12H13N3OS/c16-11-5-8(7-17)6-15(11)12-13-9-3-1-2-4-10(9)14-12/h1-4,8,17H,5-7H2,(H,13,14). The molecule has 1 aliphatic heterocycles. The van der Waals surface area contributed by atoms with Crippen LogP contribution < -0.4 is 4.90 Å². The Labute approximate surface area is 104 Å². The van der Waals surface area contributed by atoms with Gasteiger partial charge in [0.15, 0.2) is 0 Å². The molecule has 0 spiro atoms. The number of fused-ring (bicyclic) bond motifs is 1. The van der Waals surface area contributed by atoms with Gasteiger partial charge in [-0.1, -0.05) is 12.1 Å². The van der Waals surface area contributed by atoms with Gasteiger partial charge in [-0.05, 0) is 23.8 Å². The average molecular weight is 247 g/mol. The number of rotatable bonds is 2. The van der Waals surface area contributed by atoms with Gasteiger partial charge in [-0.2, -0.15) is 12.6 Å². The summed E-state index contributed by atoms with van der Waals surface area (Å²) in [6.07, 6.45) is 0.570. The van der Waals surface area contributed by atoms with Gasteiger partial charge in [0, 0.05) is 13.0 Å². The Morgan fingerprint density at radius 1 is 1.47 bits per heavy atom. The highest BCUT2D eigenvalue weighted by atomic mass is 32.1. The normalized spacial score (nSPS) is 20.4. The van der Waals surface area contributed by atoms with E-state index >= 15 is 0 Å². The van der Waals surface area contributed by atoms with E-state index in [4.69, 9.17) is 0 Å². The van der Waals surface area contributed by atoms with Crippen molar-refractivity contribution in [3.05, 3.63) is 24.3 Å². The molecule has 3 rings (SSSR count). The highest BCUT2D eigenvalue weighted by Crippen LogP contribution is 2.25. The number of nitrogens with one attached hydrogen (secondary N) is 1. The highest BCUT2D eigenvalue weighted by Gasteiger charge is 2.31. The summed E-state index contributed by atoms with van der Waals surface area (Å²) in [7, 11) is 0. The van der Waals surface area contributed by atoms with Crippen LogP contribution in [0, 0.1) is 5.92 Å². The molecular weight excluding hydrogens is 234 g/mol. The van der Waals surface area contributed by atoms with Gasteiger partial charge in [-0.25, -0.2) is 4.98 Å². The fraction of sp³-hybridized carbons (Fsp3) is 0.333. The Kier molecular flexibility index (Phi) is 2.55. The maximum atomic E-state index is 11.9. The molecule has 1 unspecified atom stereocenters. The van der Waals surface area contributed by atoms with Crippen molar-refractivity contribution in [2.75, 3.05) is 17.2 Å². The SMILES string of the molecule is O=C1CC(CS)CN1c1nc2ccccc2[nH]1. The van der Waals surface area contributed by atoms with E-state index in [0.717, 1.165) is 16.8 Å². The van der Waals surface area contributed by atoms with Crippen molar-refractivity contribution < 1.29 is 4.79 Å².